The van der Waals surface area contributed by atoms with Crippen molar-refractivity contribution >= 4 is 17.4 Å². The fourth-order valence-electron chi connectivity index (χ4n) is 1.87. The summed E-state index contributed by atoms with van der Waals surface area (Å²) in [7, 11) is 0. The normalized spacial score (nSPS) is 10.5. The fourth-order valence-corrected chi connectivity index (χ4v) is 2.05. The molecule has 0 saturated heterocycles. The molecule has 0 heterocycles. The first kappa shape index (κ1) is 13.8. The van der Waals surface area contributed by atoms with Crippen molar-refractivity contribution in [1.82, 2.24) is 0 Å². The van der Waals surface area contributed by atoms with Gasteiger partial charge in [-0.05, 0) is 54.8 Å². The number of Topliss-reactive ketones (excluding diaryl/α,β-unsaturated/α-hetero) is 1. The van der Waals surface area contributed by atoms with E-state index in [2.05, 4.69) is 0 Å². The van der Waals surface area contributed by atoms with E-state index < -0.39 is 0 Å². The highest BCUT2D eigenvalue weighted by Crippen LogP contribution is 2.20. The topological polar surface area (TPSA) is 17.1 Å². The van der Waals surface area contributed by atoms with Gasteiger partial charge in [-0.1, -0.05) is 23.7 Å². The Morgan fingerprint density at radius 3 is 2.53 bits per heavy atom. The first-order chi connectivity index (χ1) is 8.97. The number of carbonyl (C=O) groups excluding carboxylic acids is 1. The van der Waals surface area contributed by atoms with Crippen LogP contribution in [0.4, 0.5) is 4.39 Å². The lowest BCUT2D eigenvalue weighted by Gasteiger charge is -2.06. The van der Waals surface area contributed by atoms with Crippen LogP contribution in [0.15, 0.2) is 36.4 Å². The molecule has 0 saturated carbocycles. The molecule has 0 N–H and O–H groups in total. The van der Waals surface area contributed by atoms with Crippen LogP contribution in [0.25, 0.3) is 0 Å². The third-order valence-electron chi connectivity index (χ3n) is 3.19. The minimum absolute atomic E-state index is 0.0596. The van der Waals surface area contributed by atoms with E-state index in [0.717, 1.165) is 11.1 Å². The van der Waals surface area contributed by atoms with Gasteiger partial charge in [0.1, 0.15) is 5.82 Å². The van der Waals surface area contributed by atoms with E-state index in [-0.39, 0.29) is 18.0 Å². The van der Waals surface area contributed by atoms with Gasteiger partial charge in [0.05, 0.1) is 0 Å². The average Bonchev–Trinajstić information content (AvgIpc) is 2.37. The SMILES string of the molecule is Cc1ccc(C(=O)Cc2cc(F)ccc2Cl)cc1C. The highest BCUT2D eigenvalue weighted by molar-refractivity contribution is 6.31. The minimum Gasteiger partial charge on any atom is -0.294 e. The number of hydrogen-bond donors (Lipinski definition) is 0. The van der Waals surface area contributed by atoms with Crippen LogP contribution in [0.3, 0.4) is 0 Å². The number of hydrogen-bond acceptors (Lipinski definition) is 1. The van der Waals surface area contributed by atoms with E-state index in [1.807, 2.05) is 26.0 Å². The Kier molecular flexibility index (Phi) is 4.01. The highest BCUT2D eigenvalue weighted by atomic mass is 35.5. The summed E-state index contributed by atoms with van der Waals surface area (Å²) in [6.45, 7) is 3.95. The average molecular weight is 277 g/mol. The van der Waals surface area contributed by atoms with Crippen molar-refractivity contribution in [2.45, 2.75) is 20.3 Å². The van der Waals surface area contributed by atoms with Gasteiger partial charge in [0.25, 0.3) is 0 Å². The lowest BCUT2D eigenvalue weighted by molar-refractivity contribution is 0.0993. The third-order valence-corrected chi connectivity index (χ3v) is 3.56. The van der Waals surface area contributed by atoms with Crippen molar-refractivity contribution in [2.75, 3.05) is 0 Å². The first-order valence-corrected chi connectivity index (χ1v) is 6.39. The lowest BCUT2D eigenvalue weighted by atomic mass is 9.99. The van der Waals surface area contributed by atoms with Crippen LogP contribution < -0.4 is 0 Å². The van der Waals surface area contributed by atoms with Gasteiger partial charge in [0.2, 0.25) is 0 Å². The van der Waals surface area contributed by atoms with Crippen molar-refractivity contribution in [3.05, 3.63) is 69.5 Å². The monoisotopic (exact) mass is 276 g/mol. The summed E-state index contributed by atoms with van der Waals surface area (Å²) < 4.78 is 13.1. The Balaban J connectivity index is 2.25. The molecule has 19 heavy (non-hydrogen) atoms. The molecule has 1 nitrogen and oxygen atoms in total. The number of aryl methyl sites for hydroxylation is 2. The van der Waals surface area contributed by atoms with E-state index in [0.29, 0.717) is 16.1 Å². The zero-order chi connectivity index (χ0) is 14.0. The second kappa shape index (κ2) is 5.54. The molecule has 0 amide bonds. The Morgan fingerprint density at radius 1 is 1.11 bits per heavy atom. The number of ketones is 1. The van der Waals surface area contributed by atoms with Crippen LogP contribution in [-0.4, -0.2) is 5.78 Å². The standard InChI is InChI=1S/C16H14ClFO/c1-10-3-4-12(7-11(10)2)16(19)9-13-8-14(18)5-6-15(13)17/h3-8H,9H2,1-2H3. The van der Waals surface area contributed by atoms with E-state index in [1.165, 1.54) is 18.2 Å². The molecular formula is C16H14ClFO. The van der Waals surface area contributed by atoms with Crippen LogP contribution >= 0.6 is 11.6 Å². The van der Waals surface area contributed by atoms with Gasteiger partial charge < -0.3 is 0 Å². The zero-order valence-electron chi connectivity index (χ0n) is 10.8. The Morgan fingerprint density at radius 2 is 1.84 bits per heavy atom. The predicted octanol–water partition coefficient (Wildman–Crippen LogP) is 4.52. The van der Waals surface area contributed by atoms with E-state index in [4.69, 9.17) is 11.6 Å². The second-order valence-corrected chi connectivity index (χ2v) is 5.04. The molecule has 0 fully saturated rings. The summed E-state index contributed by atoms with van der Waals surface area (Å²) in [5, 5.41) is 0.415. The lowest BCUT2D eigenvalue weighted by Crippen LogP contribution is -2.05. The molecule has 0 aromatic heterocycles. The third kappa shape index (κ3) is 3.21. The van der Waals surface area contributed by atoms with Gasteiger partial charge in [0.15, 0.2) is 5.78 Å². The molecule has 0 bridgehead atoms. The maximum Gasteiger partial charge on any atom is 0.167 e. The maximum atomic E-state index is 13.1. The largest absolute Gasteiger partial charge is 0.294 e. The summed E-state index contributed by atoms with van der Waals surface area (Å²) >= 11 is 5.97. The minimum atomic E-state index is -0.382. The summed E-state index contributed by atoms with van der Waals surface area (Å²) in [5.41, 5.74) is 3.35. The van der Waals surface area contributed by atoms with Gasteiger partial charge in [-0.3, -0.25) is 4.79 Å². The number of halogens is 2. The Hall–Kier alpha value is -1.67. The van der Waals surface area contributed by atoms with Crippen molar-refractivity contribution in [3.8, 4) is 0 Å². The Bertz CT molecular complexity index is 635. The van der Waals surface area contributed by atoms with Crippen LogP contribution in [0.1, 0.15) is 27.0 Å². The van der Waals surface area contributed by atoms with Crippen LogP contribution in [0.2, 0.25) is 5.02 Å². The predicted molar refractivity (Wildman–Crippen MR) is 75.4 cm³/mol. The molecular weight excluding hydrogens is 263 g/mol. The van der Waals surface area contributed by atoms with Crippen molar-refractivity contribution < 1.29 is 9.18 Å². The quantitative estimate of drug-likeness (QED) is 0.753. The molecule has 0 aliphatic rings. The molecule has 0 spiro atoms. The van der Waals surface area contributed by atoms with Crippen LogP contribution in [0, 0.1) is 19.7 Å². The maximum absolute atomic E-state index is 13.1. The molecule has 98 valence electrons. The molecule has 0 atom stereocenters. The van der Waals surface area contributed by atoms with Gasteiger partial charge in [0, 0.05) is 17.0 Å². The molecule has 0 aliphatic carbocycles. The van der Waals surface area contributed by atoms with Crippen LogP contribution in [0.5, 0.6) is 0 Å². The van der Waals surface area contributed by atoms with Crippen molar-refractivity contribution in [3.63, 3.8) is 0 Å². The Labute approximate surface area is 117 Å². The molecule has 3 heteroatoms. The summed E-state index contributed by atoms with van der Waals surface area (Å²) in [6.07, 6.45) is 0.110. The first-order valence-electron chi connectivity index (χ1n) is 6.02. The van der Waals surface area contributed by atoms with E-state index in [1.54, 1.807) is 6.07 Å². The van der Waals surface area contributed by atoms with Gasteiger partial charge >= 0.3 is 0 Å². The summed E-state index contributed by atoms with van der Waals surface area (Å²) in [6, 6.07) is 9.62. The molecule has 2 aromatic carbocycles. The number of carbonyl (C=O) groups is 1. The summed E-state index contributed by atoms with van der Waals surface area (Å²) in [5.74, 6) is -0.442. The summed E-state index contributed by atoms with van der Waals surface area (Å²) in [4.78, 5) is 12.2. The van der Waals surface area contributed by atoms with Gasteiger partial charge in [-0.15, -0.1) is 0 Å². The van der Waals surface area contributed by atoms with E-state index in [9.17, 15) is 9.18 Å². The van der Waals surface area contributed by atoms with Crippen LogP contribution in [-0.2, 0) is 6.42 Å². The number of benzene rings is 2. The zero-order valence-corrected chi connectivity index (χ0v) is 11.6. The van der Waals surface area contributed by atoms with Gasteiger partial charge in [-0.25, -0.2) is 4.39 Å². The van der Waals surface area contributed by atoms with E-state index >= 15 is 0 Å². The fraction of sp³-hybridized carbons (Fsp3) is 0.188. The molecule has 2 aromatic rings. The molecule has 0 radical (unpaired) electrons. The smallest absolute Gasteiger partial charge is 0.167 e. The highest BCUT2D eigenvalue weighted by Gasteiger charge is 2.11. The molecule has 2 rings (SSSR count). The van der Waals surface area contributed by atoms with Crippen molar-refractivity contribution in [1.29, 1.82) is 0 Å². The molecule has 0 aliphatic heterocycles. The van der Waals surface area contributed by atoms with Crippen molar-refractivity contribution in [2.24, 2.45) is 0 Å². The number of rotatable bonds is 3. The molecule has 0 unspecified atom stereocenters. The van der Waals surface area contributed by atoms with Gasteiger partial charge in [-0.2, -0.15) is 0 Å². The second-order valence-electron chi connectivity index (χ2n) is 4.63.